The molecule has 0 unspecified atom stereocenters. The first-order valence-electron chi connectivity index (χ1n) is 2.88. The van der Waals surface area contributed by atoms with Crippen LogP contribution in [0.25, 0.3) is 11.0 Å². The van der Waals surface area contributed by atoms with Crippen LogP contribution in [0.2, 0.25) is 10.4 Å². The zero-order valence-electron chi connectivity index (χ0n) is 6.25. The molecule has 0 fully saturated rings. The largest absolute Gasteiger partial charge is 1.00 e. The van der Waals surface area contributed by atoms with Gasteiger partial charge in [-0.2, -0.15) is 0 Å². The van der Waals surface area contributed by atoms with Gasteiger partial charge >= 0.3 is 51.4 Å². The smallest absolute Gasteiger partial charge is 0.442 e. The van der Waals surface area contributed by atoms with Crippen LogP contribution >= 0.6 is 23.2 Å². The summed E-state index contributed by atoms with van der Waals surface area (Å²) in [4.78, 5) is 11.5. The number of rotatable bonds is 0. The standard InChI is InChI=1S/C6H2Cl2N3.K/c7-4-3-1-2-9-5(3)11-6(8)10-4;/h1-2H;/q-1;+1. The minimum atomic E-state index is 0. The Morgan fingerprint density at radius 3 is 2.75 bits per heavy atom. The summed E-state index contributed by atoms with van der Waals surface area (Å²) in [6, 6.07) is 1.74. The van der Waals surface area contributed by atoms with Gasteiger partial charge in [-0.1, -0.05) is 35.5 Å². The number of nitrogens with zero attached hydrogens (tertiary/aromatic N) is 3. The molecule has 3 nitrogen and oxygen atoms in total. The molecule has 2 rings (SSSR count). The summed E-state index contributed by atoms with van der Waals surface area (Å²) in [5.74, 6) is 0. The average Bonchev–Trinajstić information content (AvgIpc) is 2.34. The van der Waals surface area contributed by atoms with Gasteiger partial charge in [-0.3, -0.25) is 0 Å². The summed E-state index contributed by atoms with van der Waals surface area (Å²) in [6.45, 7) is 0. The second-order valence-corrected chi connectivity index (χ2v) is 2.66. The van der Waals surface area contributed by atoms with E-state index in [9.17, 15) is 0 Å². The molecular formula is C6H2Cl2KN3. The van der Waals surface area contributed by atoms with Gasteiger partial charge in [-0.25, -0.2) is 4.98 Å². The van der Waals surface area contributed by atoms with E-state index in [1.807, 2.05) is 0 Å². The Kier molecular flexibility index (Phi) is 3.97. The van der Waals surface area contributed by atoms with E-state index in [0.29, 0.717) is 10.8 Å². The van der Waals surface area contributed by atoms with E-state index in [-0.39, 0.29) is 56.7 Å². The van der Waals surface area contributed by atoms with Crippen LogP contribution in [0, 0.1) is 0 Å². The van der Waals surface area contributed by atoms with Crippen LogP contribution in [-0.2, 0) is 0 Å². The fraction of sp³-hybridized carbons (Fsp3) is 0. The third kappa shape index (κ3) is 2.01. The minimum absolute atomic E-state index is 0. The molecule has 2 aromatic heterocycles. The number of halogens is 2. The normalized spacial score (nSPS) is 9.83. The Morgan fingerprint density at radius 2 is 2.00 bits per heavy atom. The molecule has 0 amide bonds. The molecule has 0 bridgehead atoms. The summed E-state index contributed by atoms with van der Waals surface area (Å²) >= 11 is 11.3. The number of hydrogen-bond acceptors (Lipinski definition) is 2. The zero-order valence-corrected chi connectivity index (χ0v) is 10.9. The molecule has 6 heteroatoms. The first-order valence-corrected chi connectivity index (χ1v) is 3.63. The van der Waals surface area contributed by atoms with Gasteiger partial charge in [0.1, 0.15) is 10.4 Å². The fourth-order valence-electron chi connectivity index (χ4n) is 0.830. The Hall–Kier alpha value is 0.836. The maximum Gasteiger partial charge on any atom is 1.00 e. The third-order valence-corrected chi connectivity index (χ3v) is 1.75. The van der Waals surface area contributed by atoms with Crippen molar-refractivity contribution >= 4 is 34.2 Å². The van der Waals surface area contributed by atoms with Gasteiger partial charge in [0, 0.05) is 5.39 Å². The van der Waals surface area contributed by atoms with Crippen LogP contribution in [0.3, 0.4) is 0 Å². The van der Waals surface area contributed by atoms with E-state index in [2.05, 4.69) is 15.0 Å². The molecule has 2 heterocycles. The Morgan fingerprint density at radius 1 is 1.25 bits per heavy atom. The van der Waals surface area contributed by atoms with Crippen LogP contribution < -0.4 is 56.4 Å². The summed E-state index contributed by atoms with van der Waals surface area (Å²) in [5.41, 5.74) is 0.537. The molecule has 0 aliphatic carbocycles. The second-order valence-electron chi connectivity index (χ2n) is 1.97. The van der Waals surface area contributed by atoms with Crippen molar-refractivity contribution < 1.29 is 51.4 Å². The first kappa shape index (κ1) is 10.9. The number of fused-ring (bicyclic) bond motifs is 1. The molecular weight excluding hydrogens is 224 g/mol. The molecule has 0 N–H and O–H groups in total. The quantitative estimate of drug-likeness (QED) is 0.325. The van der Waals surface area contributed by atoms with Crippen molar-refractivity contribution in [2.24, 2.45) is 0 Å². The van der Waals surface area contributed by atoms with Gasteiger partial charge in [0.2, 0.25) is 0 Å². The van der Waals surface area contributed by atoms with Gasteiger partial charge in [-0.05, 0) is 5.65 Å². The molecule has 0 aliphatic rings. The van der Waals surface area contributed by atoms with Crippen LogP contribution in [0.15, 0.2) is 12.3 Å². The molecule has 0 radical (unpaired) electrons. The molecule has 56 valence electrons. The van der Waals surface area contributed by atoms with E-state index >= 15 is 0 Å². The molecule has 2 aromatic rings. The van der Waals surface area contributed by atoms with E-state index in [0.717, 1.165) is 5.39 Å². The van der Waals surface area contributed by atoms with E-state index < -0.39 is 0 Å². The van der Waals surface area contributed by atoms with Gasteiger partial charge in [0.25, 0.3) is 0 Å². The van der Waals surface area contributed by atoms with Crippen molar-refractivity contribution in [2.75, 3.05) is 0 Å². The molecule has 0 aliphatic heterocycles. The number of hydrogen-bond donors (Lipinski definition) is 0. The van der Waals surface area contributed by atoms with Crippen molar-refractivity contribution in [1.29, 1.82) is 0 Å². The molecule has 12 heavy (non-hydrogen) atoms. The van der Waals surface area contributed by atoms with Crippen LogP contribution in [0.1, 0.15) is 0 Å². The van der Waals surface area contributed by atoms with Crippen molar-refractivity contribution in [3.05, 3.63) is 22.7 Å². The van der Waals surface area contributed by atoms with Crippen molar-refractivity contribution in [1.82, 2.24) is 15.0 Å². The molecule has 0 atom stereocenters. The monoisotopic (exact) mass is 225 g/mol. The van der Waals surface area contributed by atoms with Crippen molar-refractivity contribution in [3.63, 3.8) is 0 Å². The first-order chi connectivity index (χ1) is 5.27. The van der Waals surface area contributed by atoms with Gasteiger partial charge in [0.05, 0.1) is 0 Å². The zero-order chi connectivity index (χ0) is 7.84. The third-order valence-electron chi connectivity index (χ3n) is 1.29. The molecule has 0 saturated heterocycles. The summed E-state index contributed by atoms with van der Waals surface area (Å²) in [7, 11) is 0. The van der Waals surface area contributed by atoms with Crippen LogP contribution in [0.4, 0.5) is 0 Å². The average molecular weight is 226 g/mol. The Bertz CT molecular complexity index is 401. The summed E-state index contributed by atoms with van der Waals surface area (Å²) in [6.07, 6.45) is 1.61. The van der Waals surface area contributed by atoms with Crippen molar-refractivity contribution in [3.8, 4) is 0 Å². The maximum absolute atomic E-state index is 5.73. The Balaban J connectivity index is 0.000000720. The number of aromatic nitrogens is 3. The Labute approximate surface area is 121 Å². The predicted octanol–water partition coefficient (Wildman–Crippen LogP) is -1.10. The van der Waals surface area contributed by atoms with E-state index in [1.54, 1.807) is 12.3 Å². The van der Waals surface area contributed by atoms with E-state index in [4.69, 9.17) is 23.2 Å². The van der Waals surface area contributed by atoms with Crippen molar-refractivity contribution in [2.45, 2.75) is 0 Å². The van der Waals surface area contributed by atoms with Gasteiger partial charge in [-0.15, -0.1) is 0 Å². The summed E-state index contributed by atoms with van der Waals surface area (Å²) < 4.78 is 0. The minimum Gasteiger partial charge on any atom is -0.442 e. The van der Waals surface area contributed by atoms with E-state index in [1.165, 1.54) is 0 Å². The maximum atomic E-state index is 5.73. The molecule has 0 spiro atoms. The SMILES string of the molecule is Clc1nc(Cl)c2cc[n-]c2n1.[K+]. The van der Waals surface area contributed by atoms with Crippen LogP contribution in [0.5, 0.6) is 0 Å². The second kappa shape index (κ2) is 4.37. The van der Waals surface area contributed by atoms with Gasteiger partial charge in [0.15, 0.2) is 0 Å². The van der Waals surface area contributed by atoms with Gasteiger partial charge < -0.3 is 9.97 Å². The molecule has 0 saturated carbocycles. The summed E-state index contributed by atoms with van der Waals surface area (Å²) in [5, 5.41) is 1.20. The van der Waals surface area contributed by atoms with Crippen LogP contribution in [-0.4, -0.2) is 9.97 Å². The molecule has 0 aromatic carbocycles. The fourth-order valence-corrected chi connectivity index (χ4v) is 1.27. The predicted molar refractivity (Wildman–Crippen MR) is 42.9 cm³/mol. The topological polar surface area (TPSA) is 39.9 Å².